The molecule has 2 aromatic rings. The van der Waals surface area contributed by atoms with E-state index in [2.05, 4.69) is 5.32 Å². The summed E-state index contributed by atoms with van der Waals surface area (Å²) in [5, 5.41) is 1.63. The zero-order valence-corrected chi connectivity index (χ0v) is 15.3. The highest BCUT2D eigenvalue weighted by Gasteiger charge is 2.36. The molecule has 0 aliphatic carbocycles. The molecule has 0 spiro atoms. The molecule has 0 aromatic heterocycles. The molecule has 1 saturated heterocycles. The Morgan fingerprint density at radius 1 is 1.10 bits per heavy atom. The summed E-state index contributed by atoms with van der Waals surface area (Å²) in [4.78, 5) is 37.1. The third-order valence-electron chi connectivity index (χ3n) is 3.80. The highest BCUT2D eigenvalue weighted by molar-refractivity contribution is 8.18. The normalized spacial score (nSPS) is 15.9. The molecule has 1 aliphatic rings. The van der Waals surface area contributed by atoms with Crippen LogP contribution in [0.4, 0.5) is 28.0 Å². The van der Waals surface area contributed by atoms with Gasteiger partial charge in [0.05, 0.1) is 10.5 Å². The van der Waals surface area contributed by atoms with Crippen LogP contribution in [0.15, 0.2) is 53.4 Å². The molecule has 3 amide bonds. The Hall–Kier alpha value is -3.14. The van der Waals surface area contributed by atoms with Gasteiger partial charge < -0.3 is 5.32 Å². The summed E-state index contributed by atoms with van der Waals surface area (Å²) in [6.07, 6.45) is -3.39. The lowest BCUT2D eigenvalue weighted by Crippen LogP contribution is -2.36. The maximum atomic E-state index is 13.2. The van der Waals surface area contributed by atoms with Crippen molar-refractivity contribution in [2.24, 2.45) is 0 Å². The van der Waals surface area contributed by atoms with Crippen LogP contribution in [0.1, 0.15) is 11.1 Å². The molecule has 0 radical (unpaired) electrons. The first kappa shape index (κ1) is 20.6. The molecule has 0 bridgehead atoms. The maximum absolute atomic E-state index is 13.2. The Balaban J connectivity index is 1.72. The molecular weight excluding hydrogens is 412 g/mol. The second-order valence-corrected chi connectivity index (χ2v) is 6.94. The number of halogens is 4. The van der Waals surface area contributed by atoms with E-state index in [-0.39, 0.29) is 16.2 Å². The van der Waals surface area contributed by atoms with E-state index in [0.29, 0.717) is 16.7 Å². The van der Waals surface area contributed by atoms with Gasteiger partial charge in [-0.2, -0.15) is 13.2 Å². The highest BCUT2D eigenvalue weighted by atomic mass is 32.2. The van der Waals surface area contributed by atoms with E-state index in [1.165, 1.54) is 30.3 Å². The third-order valence-corrected chi connectivity index (χ3v) is 4.70. The summed E-state index contributed by atoms with van der Waals surface area (Å²) in [5.74, 6) is -2.09. The van der Waals surface area contributed by atoms with Crippen LogP contribution in [0, 0.1) is 5.82 Å². The fourth-order valence-electron chi connectivity index (χ4n) is 2.50. The largest absolute Gasteiger partial charge is 0.416 e. The van der Waals surface area contributed by atoms with Gasteiger partial charge in [-0.15, -0.1) is 0 Å². The zero-order valence-electron chi connectivity index (χ0n) is 14.5. The third kappa shape index (κ3) is 5.02. The van der Waals surface area contributed by atoms with E-state index in [1.54, 1.807) is 0 Å². The average Bonchev–Trinajstić information content (AvgIpc) is 2.89. The topological polar surface area (TPSA) is 66.5 Å². The van der Waals surface area contributed by atoms with Gasteiger partial charge in [0.15, 0.2) is 0 Å². The number of thioether (sulfide) groups is 1. The van der Waals surface area contributed by atoms with Crippen molar-refractivity contribution in [2.45, 2.75) is 6.18 Å². The quantitative estimate of drug-likeness (QED) is 0.579. The molecule has 1 fully saturated rings. The van der Waals surface area contributed by atoms with Gasteiger partial charge in [0, 0.05) is 5.69 Å². The van der Waals surface area contributed by atoms with Gasteiger partial charge in [0.1, 0.15) is 12.4 Å². The molecule has 5 nitrogen and oxygen atoms in total. The van der Waals surface area contributed by atoms with Crippen LogP contribution < -0.4 is 5.32 Å². The molecule has 1 aliphatic heterocycles. The molecule has 29 heavy (non-hydrogen) atoms. The number of hydrogen-bond donors (Lipinski definition) is 1. The summed E-state index contributed by atoms with van der Waals surface area (Å²) in [6.45, 7) is -0.610. The summed E-state index contributed by atoms with van der Waals surface area (Å²) in [5.41, 5.74) is -0.643. The second-order valence-electron chi connectivity index (χ2n) is 5.95. The van der Waals surface area contributed by atoms with Crippen LogP contribution in [0.5, 0.6) is 0 Å². The Kier molecular flexibility index (Phi) is 5.73. The number of alkyl halides is 3. The molecule has 0 unspecified atom stereocenters. The van der Waals surface area contributed by atoms with Crippen molar-refractivity contribution in [3.05, 3.63) is 70.4 Å². The fourth-order valence-corrected chi connectivity index (χ4v) is 3.34. The summed E-state index contributed by atoms with van der Waals surface area (Å²) in [6, 6.07) is 9.35. The predicted molar refractivity (Wildman–Crippen MR) is 99.2 cm³/mol. The highest BCUT2D eigenvalue weighted by Crippen LogP contribution is 2.34. The zero-order chi connectivity index (χ0) is 21.2. The number of rotatable bonds is 4. The van der Waals surface area contributed by atoms with Gasteiger partial charge in [0.2, 0.25) is 5.91 Å². The maximum Gasteiger partial charge on any atom is 0.416 e. The molecule has 0 saturated carbocycles. The van der Waals surface area contributed by atoms with E-state index in [0.717, 1.165) is 24.3 Å². The minimum Gasteiger partial charge on any atom is -0.324 e. The van der Waals surface area contributed by atoms with Crippen LogP contribution in [-0.2, 0) is 15.8 Å². The van der Waals surface area contributed by atoms with E-state index in [4.69, 9.17) is 0 Å². The summed E-state index contributed by atoms with van der Waals surface area (Å²) in [7, 11) is 0. The van der Waals surface area contributed by atoms with Crippen molar-refractivity contribution in [1.82, 2.24) is 4.90 Å². The predicted octanol–water partition coefficient (Wildman–Crippen LogP) is 4.52. The lowest BCUT2D eigenvalue weighted by Gasteiger charge is -2.12. The Bertz CT molecular complexity index is 1020. The monoisotopic (exact) mass is 424 g/mol. The smallest absolute Gasteiger partial charge is 0.324 e. The fraction of sp³-hybridized carbons (Fsp3) is 0.105. The first-order valence-corrected chi connectivity index (χ1v) is 8.93. The molecule has 1 N–H and O–H groups in total. The molecule has 3 rings (SSSR count). The Morgan fingerprint density at radius 2 is 1.83 bits per heavy atom. The first-order chi connectivity index (χ1) is 13.6. The molecular formula is C19H12F4N2O3S. The number of nitrogens with one attached hydrogen (secondary N) is 1. The van der Waals surface area contributed by atoms with Gasteiger partial charge >= 0.3 is 6.18 Å². The van der Waals surface area contributed by atoms with Gasteiger partial charge in [0.25, 0.3) is 11.1 Å². The number of benzene rings is 2. The minimum atomic E-state index is -4.54. The van der Waals surface area contributed by atoms with E-state index < -0.39 is 41.2 Å². The summed E-state index contributed by atoms with van der Waals surface area (Å²) >= 11 is 0.518. The first-order valence-electron chi connectivity index (χ1n) is 8.11. The number of anilines is 1. The minimum absolute atomic E-state index is 0.0922. The lowest BCUT2D eigenvalue weighted by atomic mass is 10.1. The number of nitrogens with zero attached hydrogens (tertiary/aromatic N) is 1. The van der Waals surface area contributed by atoms with Crippen molar-refractivity contribution in [2.75, 3.05) is 11.9 Å². The van der Waals surface area contributed by atoms with Crippen LogP contribution in [0.3, 0.4) is 0 Å². The number of amides is 3. The average molecular weight is 424 g/mol. The van der Waals surface area contributed by atoms with Crippen LogP contribution in [0.25, 0.3) is 6.08 Å². The van der Waals surface area contributed by atoms with Crippen LogP contribution in [-0.4, -0.2) is 28.5 Å². The van der Waals surface area contributed by atoms with Gasteiger partial charge in [-0.25, -0.2) is 4.39 Å². The molecule has 150 valence electrons. The summed E-state index contributed by atoms with van der Waals surface area (Å²) < 4.78 is 51.6. The van der Waals surface area contributed by atoms with Crippen molar-refractivity contribution >= 4 is 40.6 Å². The van der Waals surface area contributed by atoms with E-state index in [1.807, 2.05) is 0 Å². The second kappa shape index (κ2) is 8.08. The van der Waals surface area contributed by atoms with Crippen LogP contribution >= 0.6 is 11.8 Å². The van der Waals surface area contributed by atoms with E-state index in [9.17, 15) is 31.9 Å². The SMILES string of the molecule is O=C(CN1C(=O)S/C(=C/c2cccc(C(F)(F)F)c2)C1=O)Nc1cccc(F)c1. The van der Waals surface area contributed by atoms with Crippen molar-refractivity contribution in [3.63, 3.8) is 0 Å². The van der Waals surface area contributed by atoms with Crippen molar-refractivity contribution in [3.8, 4) is 0 Å². The molecule has 0 atom stereocenters. The number of carbonyl (C=O) groups excluding carboxylic acids is 3. The molecule has 2 aromatic carbocycles. The lowest BCUT2D eigenvalue weighted by molar-refractivity contribution is -0.137. The number of imide groups is 1. The van der Waals surface area contributed by atoms with Crippen molar-refractivity contribution in [1.29, 1.82) is 0 Å². The molecule has 10 heteroatoms. The standard InChI is InChI=1S/C19H12F4N2O3S/c20-13-5-2-6-14(9-13)24-16(26)10-25-17(27)15(29-18(25)28)8-11-3-1-4-12(7-11)19(21,22)23/h1-9H,10H2,(H,24,26)/b15-8+. The van der Waals surface area contributed by atoms with Gasteiger partial charge in [-0.1, -0.05) is 18.2 Å². The van der Waals surface area contributed by atoms with Gasteiger partial charge in [-0.05, 0) is 53.7 Å². The van der Waals surface area contributed by atoms with Crippen LogP contribution in [0.2, 0.25) is 0 Å². The van der Waals surface area contributed by atoms with Crippen molar-refractivity contribution < 1.29 is 31.9 Å². The van der Waals surface area contributed by atoms with Gasteiger partial charge in [-0.3, -0.25) is 19.3 Å². The number of hydrogen-bond acceptors (Lipinski definition) is 4. The van der Waals surface area contributed by atoms with E-state index >= 15 is 0 Å². The number of carbonyl (C=O) groups is 3. The molecule has 1 heterocycles. The Morgan fingerprint density at radius 3 is 2.52 bits per heavy atom. The Labute approximate surface area is 166 Å².